The van der Waals surface area contributed by atoms with Crippen LogP contribution in [0.15, 0.2) is 64.5 Å². The number of aliphatic imine (C=N–C) groups is 1. The van der Waals surface area contributed by atoms with Crippen molar-refractivity contribution in [1.82, 2.24) is 4.57 Å². The molecule has 1 fully saturated rings. The van der Waals surface area contributed by atoms with E-state index in [1.165, 1.54) is 10.6 Å². The minimum atomic E-state index is -0.946. The molecule has 0 aliphatic heterocycles. The van der Waals surface area contributed by atoms with Gasteiger partial charge in [-0.1, -0.05) is 17.7 Å². The zero-order valence-corrected chi connectivity index (χ0v) is 18.7. The summed E-state index contributed by atoms with van der Waals surface area (Å²) < 4.78 is 2.00. The van der Waals surface area contributed by atoms with E-state index in [0.717, 1.165) is 16.9 Å². The lowest BCUT2D eigenvalue weighted by atomic mass is 10.1. The highest BCUT2D eigenvalue weighted by molar-refractivity contribution is 7.18. The lowest BCUT2D eigenvalue weighted by molar-refractivity contribution is -0.119. The van der Waals surface area contributed by atoms with Gasteiger partial charge >= 0.3 is 0 Å². The van der Waals surface area contributed by atoms with Crippen LogP contribution in [0.5, 0.6) is 0 Å². The van der Waals surface area contributed by atoms with E-state index in [1.807, 2.05) is 13.0 Å². The second-order valence-electron chi connectivity index (χ2n) is 7.56. The maximum absolute atomic E-state index is 12.8. The topological polar surface area (TPSA) is 101 Å². The molecule has 0 spiro atoms. The van der Waals surface area contributed by atoms with E-state index in [0.29, 0.717) is 26.3 Å². The molecule has 164 valence electrons. The van der Waals surface area contributed by atoms with Gasteiger partial charge in [0.25, 0.3) is 11.5 Å². The Bertz CT molecular complexity index is 1280. The van der Waals surface area contributed by atoms with Crippen LogP contribution < -0.4 is 10.9 Å². The van der Waals surface area contributed by atoms with Crippen molar-refractivity contribution in [2.45, 2.75) is 25.9 Å². The van der Waals surface area contributed by atoms with Gasteiger partial charge in [0.05, 0.1) is 21.0 Å². The molecular weight excluding hydrogens is 450 g/mol. The predicted octanol–water partition coefficient (Wildman–Crippen LogP) is 3.85. The Morgan fingerprint density at radius 1 is 1.22 bits per heavy atom. The van der Waals surface area contributed by atoms with Gasteiger partial charge in [-0.05, 0) is 55.3 Å². The molecule has 1 aromatic carbocycles. The van der Waals surface area contributed by atoms with Crippen LogP contribution in [0.2, 0.25) is 4.34 Å². The molecule has 1 saturated carbocycles. The number of hydrogen-bond acceptors (Lipinski definition) is 5. The molecule has 2 amide bonds. The molecule has 2 atom stereocenters. The van der Waals surface area contributed by atoms with Gasteiger partial charge < -0.3 is 10.4 Å². The van der Waals surface area contributed by atoms with Crippen molar-refractivity contribution in [2.75, 3.05) is 5.32 Å². The van der Waals surface area contributed by atoms with E-state index < -0.39 is 17.9 Å². The summed E-state index contributed by atoms with van der Waals surface area (Å²) in [5.41, 5.74) is 2.27. The lowest BCUT2D eigenvalue weighted by Gasteiger charge is -2.14. The number of rotatable bonds is 4. The number of carbonyl (C=O) groups excluding carboxylic acids is 2. The van der Waals surface area contributed by atoms with Crippen molar-refractivity contribution in [1.29, 1.82) is 0 Å². The Morgan fingerprint density at radius 3 is 2.72 bits per heavy atom. The number of carbonyl (C=O) groups is 2. The third-order valence-electron chi connectivity index (χ3n) is 5.32. The summed E-state index contributed by atoms with van der Waals surface area (Å²) in [5, 5.41) is 13.2. The van der Waals surface area contributed by atoms with Crippen LogP contribution in [0.4, 0.5) is 5.69 Å². The standard InChI is InChI=1S/C23H20ClN3O4S/c1-13-10-15(27-9-3-2-4-21(27)29)5-6-16(13)25-22(30)14-11-17(18(28)12-14)26-23(31)19-7-8-20(24)32-19/h2-10,14,18,28H,11-12H2,1H3,(H,25,30)/t14-,18+/m1/s1. The van der Waals surface area contributed by atoms with Crippen molar-refractivity contribution in [3.05, 3.63) is 79.9 Å². The van der Waals surface area contributed by atoms with E-state index in [1.54, 1.807) is 42.6 Å². The minimum absolute atomic E-state index is 0.144. The summed E-state index contributed by atoms with van der Waals surface area (Å²) in [7, 11) is 0. The Morgan fingerprint density at radius 2 is 2.03 bits per heavy atom. The van der Waals surface area contributed by atoms with Crippen LogP contribution in [-0.2, 0) is 4.79 Å². The molecule has 4 rings (SSSR count). The second kappa shape index (κ2) is 9.20. The fraction of sp³-hybridized carbons (Fsp3) is 0.217. The third-order valence-corrected chi connectivity index (χ3v) is 6.54. The van der Waals surface area contributed by atoms with E-state index in [4.69, 9.17) is 11.6 Å². The fourth-order valence-electron chi connectivity index (χ4n) is 3.63. The number of pyridine rings is 1. The van der Waals surface area contributed by atoms with Crippen molar-refractivity contribution >= 4 is 46.2 Å². The van der Waals surface area contributed by atoms with Gasteiger partial charge in [0, 0.05) is 36.0 Å². The van der Waals surface area contributed by atoms with Crippen LogP contribution in [0.1, 0.15) is 28.1 Å². The summed E-state index contributed by atoms with van der Waals surface area (Å²) >= 11 is 6.97. The van der Waals surface area contributed by atoms with Gasteiger partial charge in [0.15, 0.2) is 0 Å². The largest absolute Gasteiger partial charge is 0.387 e. The smallest absolute Gasteiger partial charge is 0.287 e. The van der Waals surface area contributed by atoms with Crippen LogP contribution in [-0.4, -0.2) is 33.3 Å². The molecule has 0 radical (unpaired) electrons. The number of aliphatic hydroxyl groups excluding tert-OH is 1. The first kappa shape index (κ1) is 22.1. The number of nitrogens with zero attached hydrogens (tertiary/aromatic N) is 2. The van der Waals surface area contributed by atoms with Gasteiger partial charge in [0.1, 0.15) is 0 Å². The highest BCUT2D eigenvalue weighted by Crippen LogP contribution is 2.28. The van der Waals surface area contributed by atoms with Crippen LogP contribution in [0.25, 0.3) is 5.69 Å². The Labute approximate surface area is 193 Å². The SMILES string of the molecule is Cc1cc(-n2ccccc2=O)ccc1NC(=O)[C@@H]1CC(=NC(=O)c2ccc(Cl)s2)[C@@H](O)C1. The van der Waals surface area contributed by atoms with Gasteiger partial charge in [-0.15, -0.1) is 11.3 Å². The fourth-order valence-corrected chi connectivity index (χ4v) is 4.55. The lowest BCUT2D eigenvalue weighted by Crippen LogP contribution is -2.22. The summed E-state index contributed by atoms with van der Waals surface area (Å²) in [6, 6.07) is 13.4. The van der Waals surface area contributed by atoms with E-state index >= 15 is 0 Å². The number of nitrogens with one attached hydrogen (secondary N) is 1. The molecule has 32 heavy (non-hydrogen) atoms. The maximum Gasteiger partial charge on any atom is 0.287 e. The summed E-state index contributed by atoms with van der Waals surface area (Å²) in [5.74, 6) is -1.23. The second-order valence-corrected chi connectivity index (χ2v) is 9.28. The Hall–Kier alpha value is -3.07. The van der Waals surface area contributed by atoms with Crippen molar-refractivity contribution in [2.24, 2.45) is 10.9 Å². The average Bonchev–Trinajstić information content (AvgIpc) is 3.36. The van der Waals surface area contributed by atoms with Gasteiger partial charge in [-0.25, -0.2) is 4.99 Å². The normalized spacial score (nSPS) is 19.3. The number of thiophene rings is 1. The number of aryl methyl sites for hydroxylation is 1. The number of halogens is 1. The molecule has 2 N–H and O–H groups in total. The summed E-state index contributed by atoms with van der Waals surface area (Å²) in [4.78, 5) is 41.5. The zero-order valence-electron chi connectivity index (χ0n) is 17.1. The highest BCUT2D eigenvalue weighted by Gasteiger charge is 2.34. The van der Waals surface area contributed by atoms with E-state index in [2.05, 4.69) is 10.3 Å². The quantitative estimate of drug-likeness (QED) is 0.606. The van der Waals surface area contributed by atoms with Crippen LogP contribution in [0, 0.1) is 12.8 Å². The first-order valence-electron chi connectivity index (χ1n) is 9.96. The molecule has 7 nitrogen and oxygen atoms in total. The first-order chi connectivity index (χ1) is 15.3. The van der Waals surface area contributed by atoms with Crippen molar-refractivity contribution < 1.29 is 14.7 Å². The molecule has 2 heterocycles. The minimum Gasteiger partial charge on any atom is -0.387 e. The number of anilines is 1. The van der Waals surface area contributed by atoms with E-state index in [9.17, 15) is 19.5 Å². The van der Waals surface area contributed by atoms with Crippen molar-refractivity contribution in [3.63, 3.8) is 0 Å². The van der Waals surface area contributed by atoms with E-state index in [-0.39, 0.29) is 24.3 Å². The molecule has 1 aliphatic rings. The van der Waals surface area contributed by atoms with Crippen molar-refractivity contribution in [3.8, 4) is 5.69 Å². The Balaban J connectivity index is 1.45. The number of amides is 2. The summed E-state index contributed by atoms with van der Waals surface area (Å²) in [6.45, 7) is 1.84. The van der Waals surface area contributed by atoms with Crippen LogP contribution in [0.3, 0.4) is 0 Å². The average molecular weight is 470 g/mol. The molecule has 3 aromatic rings. The molecule has 1 aliphatic carbocycles. The molecule has 0 saturated heterocycles. The molecule has 9 heteroatoms. The highest BCUT2D eigenvalue weighted by atomic mass is 35.5. The molecular formula is C23H20ClN3O4S. The molecule has 2 aromatic heterocycles. The van der Waals surface area contributed by atoms with Gasteiger partial charge in [0.2, 0.25) is 5.91 Å². The summed E-state index contributed by atoms with van der Waals surface area (Å²) in [6.07, 6.45) is 1.13. The van der Waals surface area contributed by atoms with Gasteiger partial charge in [-0.2, -0.15) is 0 Å². The van der Waals surface area contributed by atoms with Gasteiger partial charge in [-0.3, -0.25) is 19.0 Å². The van der Waals surface area contributed by atoms with Crippen LogP contribution >= 0.6 is 22.9 Å². The monoisotopic (exact) mass is 469 g/mol. The predicted molar refractivity (Wildman–Crippen MR) is 125 cm³/mol. The number of benzene rings is 1. The number of aliphatic hydroxyl groups is 1. The Kier molecular flexibility index (Phi) is 6.36. The third kappa shape index (κ3) is 4.72. The molecule has 0 unspecified atom stereocenters. The first-order valence-corrected chi connectivity index (χ1v) is 11.2. The maximum atomic E-state index is 12.8. The zero-order chi connectivity index (χ0) is 22.8. The number of aromatic nitrogens is 1. The molecule has 0 bridgehead atoms. The number of hydrogen-bond donors (Lipinski definition) is 2.